The zero-order chi connectivity index (χ0) is 17.6. The van der Waals surface area contributed by atoms with Gasteiger partial charge in [-0.25, -0.2) is 0 Å². The van der Waals surface area contributed by atoms with Gasteiger partial charge >= 0.3 is 5.97 Å². The minimum atomic E-state index is -0.538. The molecule has 0 spiro atoms. The van der Waals surface area contributed by atoms with Crippen molar-refractivity contribution in [2.45, 2.75) is 19.3 Å². The highest BCUT2D eigenvalue weighted by atomic mass is 16.5. The number of para-hydroxylation sites is 1. The highest BCUT2D eigenvalue weighted by molar-refractivity contribution is 5.96. The number of carbonyl (C=O) groups is 2. The maximum Gasteiger partial charge on any atom is 0.315 e. The Morgan fingerprint density at radius 3 is 2.58 bits per heavy atom. The van der Waals surface area contributed by atoms with Crippen LogP contribution in [0.3, 0.4) is 0 Å². The molecule has 0 aliphatic heterocycles. The lowest BCUT2D eigenvalue weighted by molar-refractivity contribution is -0.148. The number of carbonyl (C=O) groups excluding carboxylic acids is 2. The Morgan fingerprint density at radius 1 is 1.25 bits per heavy atom. The van der Waals surface area contributed by atoms with Gasteiger partial charge in [-0.05, 0) is 52.0 Å². The largest absolute Gasteiger partial charge is 0.492 e. The van der Waals surface area contributed by atoms with Crippen molar-refractivity contribution in [3.05, 3.63) is 29.8 Å². The van der Waals surface area contributed by atoms with Gasteiger partial charge in [-0.1, -0.05) is 12.1 Å². The summed E-state index contributed by atoms with van der Waals surface area (Å²) in [4.78, 5) is 26.2. The number of methoxy groups -OCH3 is 1. The van der Waals surface area contributed by atoms with E-state index in [1.807, 2.05) is 20.2 Å². The number of amides is 1. The first kappa shape index (κ1) is 18.3. The number of hydrogen-bond acceptors (Lipinski definition) is 5. The van der Waals surface area contributed by atoms with Crippen LogP contribution in [0.5, 0.6) is 5.75 Å². The summed E-state index contributed by atoms with van der Waals surface area (Å²) in [7, 11) is 5.39. The van der Waals surface area contributed by atoms with Gasteiger partial charge in [0.2, 0.25) is 0 Å². The third-order valence-corrected chi connectivity index (χ3v) is 4.18. The summed E-state index contributed by atoms with van der Waals surface area (Å²) >= 11 is 0. The van der Waals surface area contributed by atoms with Crippen molar-refractivity contribution in [2.75, 3.05) is 40.9 Å². The van der Waals surface area contributed by atoms with Crippen molar-refractivity contribution in [2.24, 2.45) is 5.41 Å². The van der Waals surface area contributed by atoms with E-state index in [2.05, 4.69) is 10.2 Å². The highest BCUT2D eigenvalue weighted by Crippen LogP contribution is 2.47. The molecule has 1 saturated carbocycles. The molecule has 0 heterocycles. The maximum atomic E-state index is 12.3. The second-order valence-corrected chi connectivity index (χ2v) is 6.47. The number of esters is 1. The number of nitrogens with one attached hydrogen (secondary N) is 1. The van der Waals surface area contributed by atoms with Crippen LogP contribution in [-0.4, -0.2) is 57.7 Å². The summed E-state index contributed by atoms with van der Waals surface area (Å²) < 4.78 is 10.6. The van der Waals surface area contributed by atoms with E-state index < -0.39 is 5.41 Å². The average Bonchev–Trinajstić information content (AvgIpc) is 3.37. The fourth-order valence-corrected chi connectivity index (χ4v) is 2.46. The summed E-state index contributed by atoms with van der Waals surface area (Å²) in [6.07, 6.45) is 2.41. The predicted octanol–water partition coefficient (Wildman–Crippen LogP) is 1.70. The van der Waals surface area contributed by atoms with Crippen LogP contribution in [0.1, 0.15) is 29.6 Å². The number of benzene rings is 1. The lowest BCUT2D eigenvalue weighted by Gasteiger charge is -2.16. The Morgan fingerprint density at radius 2 is 1.96 bits per heavy atom. The van der Waals surface area contributed by atoms with E-state index in [0.717, 1.165) is 25.8 Å². The van der Waals surface area contributed by atoms with E-state index in [-0.39, 0.29) is 18.5 Å². The fraction of sp³-hybridized carbons (Fsp3) is 0.556. The minimum absolute atomic E-state index is 0.160. The first-order chi connectivity index (χ1) is 11.5. The number of nitrogens with zero attached hydrogens (tertiary/aromatic N) is 1. The van der Waals surface area contributed by atoms with Crippen LogP contribution in [0.25, 0.3) is 0 Å². The summed E-state index contributed by atoms with van der Waals surface area (Å²) in [6.45, 7) is 1.77. The molecule has 1 fully saturated rings. The minimum Gasteiger partial charge on any atom is -0.492 e. The van der Waals surface area contributed by atoms with Gasteiger partial charge in [-0.3, -0.25) is 9.59 Å². The van der Waals surface area contributed by atoms with Gasteiger partial charge in [0.15, 0.2) is 0 Å². The van der Waals surface area contributed by atoms with Crippen LogP contribution >= 0.6 is 0 Å². The highest BCUT2D eigenvalue weighted by Gasteiger charge is 2.52. The van der Waals surface area contributed by atoms with E-state index in [0.29, 0.717) is 17.9 Å². The van der Waals surface area contributed by atoms with E-state index in [1.165, 1.54) is 7.11 Å². The maximum absolute atomic E-state index is 12.3. The smallest absolute Gasteiger partial charge is 0.315 e. The Bertz CT molecular complexity index is 582. The third-order valence-electron chi connectivity index (χ3n) is 4.18. The number of rotatable bonds is 9. The summed E-state index contributed by atoms with van der Waals surface area (Å²) in [5.74, 6) is 0.0955. The molecule has 0 atom stereocenters. The quantitative estimate of drug-likeness (QED) is 0.550. The van der Waals surface area contributed by atoms with Crippen LogP contribution < -0.4 is 10.1 Å². The molecule has 0 radical (unpaired) electrons. The molecule has 6 nitrogen and oxygen atoms in total. The Labute approximate surface area is 143 Å². The first-order valence-corrected chi connectivity index (χ1v) is 8.22. The molecule has 0 saturated heterocycles. The molecule has 132 valence electrons. The van der Waals surface area contributed by atoms with Gasteiger partial charge in [0, 0.05) is 6.54 Å². The molecular weight excluding hydrogens is 308 g/mol. The SMILES string of the molecule is COC(=O)C1(COc2ccccc2C(=O)NCCCN(C)C)CC1. The summed E-state index contributed by atoms with van der Waals surface area (Å²) in [6, 6.07) is 7.10. The number of hydrogen-bond donors (Lipinski definition) is 1. The predicted molar refractivity (Wildman–Crippen MR) is 91.1 cm³/mol. The third kappa shape index (κ3) is 4.71. The molecule has 2 rings (SSSR count). The first-order valence-electron chi connectivity index (χ1n) is 8.22. The monoisotopic (exact) mass is 334 g/mol. The van der Waals surface area contributed by atoms with Crippen LogP contribution in [0, 0.1) is 5.41 Å². The summed E-state index contributed by atoms with van der Waals surface area (Å²) in [5.41, 5.74) is -0.0487. The van der Waals surface area contributed by atoms with Gasteiger partial charge in [-0.15, -0.1) is 0 Å². The zero-order valence-corrected chi connectivity index (χ0v) is 14.6. The van der Waals surface area contributed by atoms with E-state index in [1.54, 1.807) is 18.2 Å². The molecule has 1 aliphatic carbocycles. The van der Waals surface area contributed by atoms with Crippen LogP contribution in [-0.2, 0) is 9.53 Å². The zero-order valence-electron chi connectivity index (χ0n) is 14.6. The van der Waals surface area contributed by atoms with Gasteiger partial charge < -0.3 is 19.7 Å². The molecule has 1 N–H and O–H groups in total. The van der Waals surface area contributed by atoms with E-state index >= 15 is 0 Å². The number of ether oxygens (including phenoxy) is 2. The molecule has 1 amide bonds. The Hall–Kier alpha value is -2.08. The van der Waals surface area contributed by atoms with Crippen molar-refractivity contribution in [3.8, 4) is 5.75 Å². The van der Waals surface area contributed by atoms with Crippen molar-refractivity contribution in [1.29, 1.82) is 0 Å². The van der Waals surface area contributed by atoms with Crippen LogP contribution in [0.4, 0.5) is 0 Å². The van der Waals surface area contributed by atoms with Gasteiger partial charge in [0.25, 0.3) is 5.91 Å². The molecule has 24 heavy (non-hydrogen) atoms. The summed E-state index contributed by atoms with van der Waals surface area (Å²) in [5, 5.41) is 2.90. The fourth-order valence-electron chi connectivity index (χ4n) is 2.46. The molecule has 6 heteroatoms. The second-order valence-electron chi connectivity index (χ2n) is 6.47. The van der Waals surface area contributed by atoms with Crippen molar-refractivity contribution >= 4 is 11.9 Å². The normalized spacial score (nSPS) is 15.0. The van der Waals surface area contributed by atoms with Gasteiger partial charge in [-0.2, -0.15) is 0 Å². The Balaban J connectivity index is 1.92. The van der Waals surface area contributed by atoms with Crippen molar-refractivity contribution < 1.29 is 19.1 Å². The molecule has 0 aromatic heterocycles. The van der Waals surface area contributed by atoms with E-state index in [9.17, 15) is 9.59 Å². The van der Waals surface area contributed by atoms with Crippen molar-refractivity contribution in [3.63, 3.8) is 0 Å². The van der Waals surface area contributed by atoms with Crippen LogP contribution in [0.15, 0.2) is 24.3 Å². The molecule has 1 aromatic rings. The molecule has 1 aromatic carbocycles. The molecule has 0 bridgehead atoms. The van der Waals surface area contributed by atoms with Crippen molar-refractivity contribution in [1.82, 2.24) is 10.2 Å². The van der Waals surface area contributed by atoms with Gasteiger partial charge in [0.1, 0.15) is 17.8 Å². The lowest BCUT2D eigenvalue weighted by Crippen LogP contribution is -2.28. The topological polar surface area (TPSA) is 67.9 Å². The second kappa shape index (κ2) is 8.15. The lowest BCUT2D eigenvalue weighted by atomic mass is 10.1. The van der Waals surface area contributed by atoms with Crippen LogP contribution in [0.2, 0.25) is 0 Å². The molecule has 1 aliphatic rings. The molecular formula is C18H26N2O4. The molecule has 0 unspecified atom stereocenters. The standard InChI is InChI=1S/C18H26N2O4/c1-20(2)12-6-11-19-16(21)14-7-4-5-8-15(14)24-13-18(9-10-18)17(22)23-3/h4-5,7-8H,6,9-13H2,1-3H3,(H,19,21). The van der Waals surface area contributed by atoms with E-state index in [4.69, 9.17) is 9.47 Å². The average molecular weight is 334 g/mol. The Kier molecular flexibility index (Phi) is 6.20. The van der Waals surface area contributed by atoms with Gasteiger partial charge in [0.05, 0.1) is 12.7 Å².